The number of carbonyl (C=O) groups is 1. The topological polar surface area (TPSA) is 49.8 Å². The monoisotopic (exact) mass is 161 g/mol. The Bertz CT molecular complexity index is 116. The van der Waals surface area contributed by atoms with Crippen molar-refractivity contribution in [2.45, 2.75) is 26.7 Å². The van der Waals surface area contributed by atoms with Crippen LogP contribution in [0.25, 0.3) is 0 Å². The Morgan fingerprint density at radius 2 is 2.18 bits per heavy atom. The molecule has 0 bridgehead atoms. The molecule has 0 heterocycles. The molecule has 0 atom stereocenters. The number of unbranched alkanes of at least 4 members (excludes halogenated alkanes) is 1. The molecule has 0 aromatic rings. The van der Waals surface area contributed by atoms with Gasteiger partial charge in [0.05, 0.1) is 6.61 Å². The molecule has 1 N–H and O–H groups in total. The summed E-state index contributed by atoms with van der Waals surface area (Å²) in [6.07, 6.45) is 0.879. The Balaban J connectivity index is 3.44. The summed E-state index contributed by atoms with van der Waals surface area (Å²) in [6, 6.07) is 0. The van der Waals surface area contributed by atoms with Crippen LogP contribution in [-0.4, -0.2) is 29.4 Å². The second-order valence-electron chi connectivity index (χ2n) is 2.16. The highest BCUT2D eigenvalue weighted by molar-refractivity contribution is 5.63. The third-order valence-corrected chi connectivity index (χ3v) is 1.25. The molecule has 0 radical (unpaired) electrons. The normalized spacial score (nSPS) is 9.64. The molecule has 0 rings (SSSR count). The van der Waals surface area contributed by atoms with E-state index in [-0.39, 0.29) is 0 Å². The molecule has 0 saturated heterocycles. The Morgan fingerprint density at radius 1 is 1.55 bits per heavy atom. The van der Waals surface area contributed by atoms with Gasteiger partial charge < -0.3 is 5.11 Å². The third-order valence-electron chi connectivity index (χ3n) is 1.25. The Kier molecular flexibility index (Phi) is 5.56. The molecule has 0 aliphatic carbocycles. The number of carboxylic acid groups (broad SMARTS) is 1. The van der Waals surface area contributed by atoms with Crippen molar-refractivity contribution in [3.63, 3.8) is 0 Å². The lowest BCUT2D eigenvalue weighted by Crippen LogP contribution is -2.29. The van der Waals surface area contributed by atoms with Crippen molar-refractivity contribution in [2.75, 3.05) is 13.2 Å². The van der Waals surface area contributed by atoms with Gasteiger partial charge in [-0.3, -0.25) is 4.84 Å². The lowest BCUT2D eigenvalue weighted by atomic mass is 10.4. The van der Waals surface area contributed by atoms with Gasteiger partial charge >= 0.3 is 6.09 Å². The van der Waals surface area contributed by atoms with Crippen molar-refractivity contribution >= 4 is 6.09 Å². The maximum Gasteiger partial charge on any atom is 0.431 e. The summed E-state index contributed by atoms with van der Waals surface area (Å²) in [5.74, 6) is 0. The fourth-order valence-electron chi connectivity index (χ4n) is 0.601. The van der Waals surface area contributed by atoms with Crippen LogP contribution in [0.4, 0.5) is 4.79 Å². The number of nitrogens with zero attached hydrogens (tertiary/aromatic N) is 1. The molecule has 4 nitrogen and oxygen atoms in total. The van der Waals surface area contributed by atoms with E-state index < -0.39 is 6.09 Å². The first-order chi connectivity index (χ1) is 5.22. The van der Waals surface area contributed by atoms with Crippen LogP contribution in [0.1, 0.15) is 26.7 Å². The Morgan fingerprint density at radius 3 is 2.55 bits per heavy atom. The molecule has 4 heteroatoms. The van der Waals surface area contributed by atoms with E-state index >= 15 is 0 Å². The van der Waals surface area contributed by atoms with Crippen molar-refractivity contribution < 1.29 is 14.7 Å². The molecular weight excluding hydrogens is 146 g/mol. The molecule has 0 fully saturated rings. The summed E-state index contributed by atoms with van der Waals surface area (Å²) < 4.78 is 0. The van der Waals surface area contributed by atoms with Crippen LogP contribution in [0.5, 0.6) is 0 Å². The zero-order valence-electron chi connectivity index (χ0n) is 7.04. The van der Waals surface area contributed by atoms with E-state index in [1.54, 1.807) is 6.92 Å². The van der Waals surface area contributed by atoms with Gasteiger partial charge in [-0.25, -0.2) is 4.79 Å². The summed E-state index contributed by atoms with van der Waals surface area (Å²) in [5.41, 5.74) is 0. The molecule has 0 aromatic carbocycles. The SMILES string of the molecule is CCCCON(CC)C(=O)O. The van der Waals surface area contributed by atoms with Gasteiger partial charge in [-0.2, -0.15) is 5.06 Å². The zero-order chi connectivity index (χ0) is 8.69. The van der Waals surface area contributed by atoms with Gasteiger partial charge in [0.15, 0.2) is 0 Å². The van der Waals surface area contributed by atoms with Crippen molar-refractivity contribution in [1.29, 1.82) is 0 Å². The predicted molar refractivity (Wildman–Crippen MR) is 41.3 cm³/mol. The summed E-state index contributed by atoms with van der Waals surface area (Å²) in [7, 11) is 0. The van der Waals surface area contributed by atoms with Crippen LogP contribution in [-0.2, 0) is 4.84 Å². The second-order valence-corrected chi connectivity index (χ2v) is 2.16. The van der Waals surface area contributed by atoms with Gasteiger partial charge in [0, 0.05) is 6.54 Å². The van der Waals surface area contributed by atoms with E-state index in [1.165, 1.54) is 0 Å². The first-order valence-electron chi connectivity index (χ1n) is 3.85. The summed E-state index contributed by atoms with van der Waals surface area (Å²) >= 11 is 0. The minimum absolute atomic E-state index is 0.374. The molecule has 66 valence electrons. The molecular formula is C7H15NO3. The van der Waals surface area contributed by atoms with Crippen LogP contribution in [0.2, 0.25) is 0 Å². The van der Waals surface area contributed by atoms with Crippen LogP contribution in [0.15, 0.2) is 0 Å². The van der Waals surface area contributed by atoms with Gasteiger partial charge in [0.2, 0.25) is 0 Å². The number of hydrogen-bond acceptors (Lipinski definition) is 2. The van der Waals surface area contributed by atoms with Crippen LogP contribution in [0, 0.1) is 0 Å². The predicted octanol–water partition coefficient (Wildman–Crippen LogP) is 1.72. The highest BCUT2D eigenvalue weighted by Gasteiger charge is 2.07. The van der Waals surface area contributed by atoms with E-state index in [2.05, 4.69) is 0 Å². The number of rotatable bonds is 5. The first kappa shape index (κ1) is 10.2. The van der Waals surface area contributed by atoms with Gasteiger partial charge in [0.1, 0.15) is 0 Å². The molecule has 11 heavy (non-hydrogen) atoms. The van der Waals surface area contributed by atoms with Gasteiger partial charge in [0.25, 0.3) is 0 Å². The van der Waals surface area contributed by atoms with Gasteiger partial charge in [-0.05, 0) is 13.3 Å². The van der Waals surface area contributed by atoms with Crippen molar-refractivity contribution in [3.05, 3.63) is 0 Å². The molecule has 0 spiro atoms. The van der Waals surface area contributed by atoms with Crippen molar-refractivity contribution in [1.82, 2.24) is 5.06 Å². The molecule has 0 saturated carbocycles. The number of hydrogen-bond donors (Lipinski definition) is 1. The number of hydroxylamine groups is 2. The highest BCUT2D eigenvalue weighted by atomic mass is 16.7. The van der Waals surface area contributed by atoms with E-state index in [1.807, 2.05) is 6.92 Å². The summed E-state index contributed by atoms with van der Waals surface area (Å²) in [5, 5.41) is 9.41. The average Bonchev–Trinajstić information content (AvgIpc) is 1.97. The minimum Gasteiger partial charge on any atom is -0.463 e. The molecule has 0 aliphatic rings. The fraction of sp³-hybridized carbons (Fsp3) is 0.857. The van der Waals surface area contributed by atoms with Crippen LogP contribution < -0.4 is 0 Å². The zero-order valence-corrected chi connectivity index (χ0v) is 7.04. The average molecular weight is 161 g/mol. The van der Waals surface area contributed by atoms with E-state index in [4.69, 9.17) is 9.94 Å². The largest absolute Gasteiger partial charge is 0.463 e. The van der Waals surface area contributed by atoms with Crippen molar-refractivity contribution in [2.24, 2.45) is 0 Å². The van der Waals surface area contributed by atoms with Crippen LogP contribution >= 0.6 is 0 Å². The summed E-state index contributed by atoms with van der Waals surface area (Å²) in [6.45, 7) is 4.62. The fourth-order valence-corrected chi connectivity index (χ4v) is 0.601. The third kappa shape index (κ3) is 4.61. The lowest BCUT2D eigenvalue weighted by molar-refractivity contribution is -0.128. The maximum absolute atomic E-state index is 10.3. The Labute approximate surface area is 66.7 Å². The van der Waals surface area contributed by atoms with E-state index in [0.29, 0.717) is 13.2 Å². The number of amides is 1. The molecule has 0 aliphatic heterocycles. The highest BCUT2D eigenvalue weighted by Crippen LogP contribution is 1.94. The molecule has 0 unspecified atom stereocenters. The van der Waals surface area contributed by atoms with Gasteiger partial charge in [-0.1, -0.05) is 13.3 Å². The van der Waals surface area contributed by atoms with Gasteiger partial charge in [-0.15, -0.1) is 0 Å². The second kappa shape index (κ2) is 5.97. The van der Waals surface area contributed by atoms with E-state index in [9.17, 15) is 4.79 Å². The first-order valence-corrected chi connectivity index (χ1v) is 3.85. The summed E-state index contributed by atoms with van der Waals surface area (Å²) in [4.78, 5) is 15.3. The maximum atomic E-state index is 10.3. The lowest BCUT2D eigenvalue weighted by Gasteiger charge is -2.15. The Hall–Kier alpha value is -0.770. The minimum atomic E-state index is -1.02. The molecule has 0 aromatic heterocycles. The standard InChI is InChI=1S/C7H15NO3/c1-3-5-6-11-8(4-2)7(9)10/h3-6H2,1-2H3,(H,9,10). The molecule has 1 amide bonds. The quantitative estimate of drug-likeness (QED) is 0.493. The van der Waals surface area contributed by atoms with Crippen LogP contribution in [0.3, 0.4) is 0 Å². The van der Waals surface area contributed by atoms with E-state index in [0.717, 1.165) is 17.9 Å². The van der Waals surface area contributed by atoms with Crippen molar-refractivity contribution in [3.8, 4) is 0 Å². The smallest absolute Gasteiger partial charge is 0.431 e.